The van der Waals surface area contributed by atoms with Gasteiger partial charge < -0.3 is 5.32 Å². The number of fused-ring (bicyclic) bond motifs is 1. The molecule has 1 aliphatic carbocycles. The predicted molar refractivity (Wildman–Crippen MR) is 87.9 cm³/mol. The second-order valence-corrected chi connectivity index (χ2v) is 6.26. The van der Waals surface area contributed by atoms with Gasteiger partial charge in [-0.2, -0.15) is 0 Å². The number of hydrogen-bond acceptors (Lipinski definition) is 1. The van der Waals surface area contributed by atoms with E-state index in [-0.39, 0.29) is 0 Å². The van der Waals surface area contributed by atoms with E-state index in [9.17, 15) is 0 Å². The number of aryl methyl sites for hydroxylation is 1. The molecular weight excluding hydrogens is 310 g/mol. The Balaban J connectivity index is 1.74. The highest BCUT2D eigenvalue weighted by Gasteiger charge is 2.23. The molecule has 2 aromatic rings. The Labute approximate surface area is 129 Å². The Bertz CT molecular complexity index is 606. The number of hydrogen-bond donors (Lipinski definition) is 1. The van der Waals surface area contributed by atoms with E-state index in [1.807, 2.05) is 0 Å². The molecule has 1 unspecified atom stereocenters. The van der Waals surface area contributed by atoms with Crippen LogP contribution in [0.2, 0.25) is 0 Å². The van der Waals surface area contributed by atoms with Gasteiger partial charge in [0.15, 0.2) is 0 Å². The second kappa shape index (κ2) is 6.11. The normalized spacial score (nSPS) is 17.2. The van der Waals surface area contributed by atoms with Gasteiger partial charge in [0, 0.05) is 17.1 Å². The molecule has 0 bridgehead atoms. The number of rotatable bonds is 4. The van der Waals surface area contributed by atoms with Gasteiger partial charge in [0.05, 0.1) is 0 Å². The monoisotopic (exact) mass is 329 g/mol. The lowest BCUT2D eigenvalue weighted by Crippen LogP contribution is -2.19. The van der Waals surface area contributed by atoms with Crippen LogP contribution < -0.4 is 5.32 Å². The van der Waals surface area contributed by atoms with Crippen LogP contribution in [0.25, 0.3) is 0 Å². The van der Waals surface area contributed by atoms with Crippen molar-refractivity contribution in [3.8, 4) is 0 Å². The Hall–Kier alpha value is -1.12. The molecule has 0 saturated heterocycles. The molecule has 0 radical (unpaired) electrons. The summed E-state index contributed by atoms with van der Waals surface area (Å²) in [6.45, 7) is 3.18. The molecule has 0 fully saturated rings. The molecular formula is C18H20BrN. The average Bonchev–Trinajstić information content (AvgIpc) is 2.90. The molecule has 0 aromatic heterocycles. The molecule has 0 saturated carbocycles. The zero-order valence-corrected chi connectivity index (χ0v) is 13.4. The molecule has 0 spiro atoms. The SMILES string of the molecule is CCc1ccccc1CNC1CCc2c(Br)cccc21. The summed E-state index contributed by atoms with van der Waals surface area (Å²) in [5.41, 5.74) is 5.83. The van der Waals surface area contributed by atoms with E-state index in [2.05, 4.69) is 70.6 Å². The van der Waals surface area contributed by atoms with Gasteiger partial charge in [-0.15, -0.1) is 0 Å². The fourth-order valence-corrected chi connectivity index (χ4v) is 3.71. The van der Waals surface area contributed by atoms with Crippen molar-refractivity contribution in [1.82, 2.24) is 5.32 Å². The summed E-state index contributed by atoms with van der Waals surface area (Å²) in [7, 11) is 0. The van der Waals surface area contributed by atoms with E-state index >= 15 is 0 Å². The minimum atomic E-state index is 0.493. The molecule has 1 atom stereocenters. The highest BCUT2D eigenvalue weighted by molar-refractivity contribution is 9.10. The van der Waals surface area contributed by atoms with Crippen LogP contribution in [0.4, 0.5) is 0 Å². The fraction of sp³-hybridized carbons (Fsp3) is 0.333. The zero-order valence-electron chi connectivity index (χ0n) is 11.8. The van der Waals surface area contributed by atoms with Gasteiger partial charge in [-0.25, -0.2) is 0 Å². The molecule has 0 aliphatic heterocycles. The molecule has 1 aliphatic rings. The first kappa shape index (κ1) is 13.8. The van der Waals surface area contributed by atoms with Crippen LogP contribution in [0.3, 0.4) is 0 Å². The number of nitrogens with one attached hydrogen (secondary N) is 1. The van der Waals surface area contributed by atoms with Gasteiger partial charge in [0.25, 0.3) is 0 Å². The summed E-state index contributed by atoms with van der Waals surface area (Å²) in [5, 5.41) is 3.74. The average molecular weight is 330 g/mol. The van der Waals surface area contributed by atoms with Gasteiger partial charge in [-0.1, -0.05) is 59.3 Å². The third kappa shape index (κ3) is 2.68. The topological polar surface area (TPSA) is 12.0 Å². The summed E-state index contributed by atoms with van der Waals surface area (Å²) in [6.07, 6.45) is 3.47. The van der Waals surface area contributed by atoms with Crippen molar-refractivity contribution in [2.75, 3.05) is 0 Å². The largest absolute Gasteiger partial charge is 0.306 e. The molecule has 1 N–H and O–H groups in total. The smallest absolute Gasteiger partial charge is 0.0329 e. The van der Waals surface area contributed by atoms with Crippen molar-refractivity contribution in [3.05, 3.63) is 69.2 Å². The predicted octanol–water partition coefficient (Wildman–Crippen LogP) is 4.79. The van der Waals surface area contributed by atoms with Crippen LogP contribution in [0, 0.1) is 0 Å². The van der Waals surface area contributed by atoms with Crippen molar-refractivity contribution in [1.29, 1.82) is 0 Å². The maximum Gasteiger partial charge on any atom is 0.0329 e. The van der Waals surface area contributed by atoms with Crippen molar-refractivity contribution < 1.29 is 0 Å². The molecule has 2 aromatic carbocycles. The summed E-state index contributed by atoms with van der Waals surface area (Å²) >= 11 is 3.67. The lowest BCUT2D eigenvalue weighted by molar-refractivity contribution is 0.529. The summed E-state index contributed by atoms with van der Waals surface area (Å²) in [5.74, 6) is 0. The van der Waals surface area contributed by atoms with Crippen LogP contribution >= 0.6 is 15.9 Å². The Morgan fingerprint density at radius 3 is 2.70 bits per heavy atom. The Morgan fingerprint density at radius 2 is 1.90 bits per heavy atom. The molecule has 3 rings (SSSR count). The van der Waals surface area contributed by atoms with Crippen LogP contribution in [0.5, 0.6) is 0 Å². The van der Waals surface area contributed by atoms with Crippen LogP contribution in [-0.2, 0) is 19.4 Å². The number of halogens is 1. The van der Waals surface area contributed by atoms with E-state index in [4.69, 9.17) is 0 Å². The Kier molecular flexibility index (Phi) is 4.23. The van der Waals surface area contributed by atoms with Gasteiger partial charge in [0.2, 0.25) is 0 Å². The summed E-state index contributed by atoms with van der Waals surface area (Å²) in [4.78, 5) is 0. The maximum atomic E-state index is 3.74. The van der Waals surface area contributed by atoms with Crippen molar-refractivity contribution in [3.63, 3.8) is 0 Å². The van der Waals surface area contributed by atoms with Crippen LogP contribution in [-0.4, -0.2) is 0 Å². The van der Waals surface area contributed by atoms with Crippen molar-refractivity contribution >= 4 is 15.9 Å². The zero-order chi connectivity index (χ0) is 13.9. The third-order valence-corrected chi connectivity index (χ3v) is 4.99. The lowest BCUT2D eigenvalue weighted by Gasteiger charge is -2.16. The quantitative estimate of drug-likeness (QED) is 0.850. The molecule has 1 nitrogen and oxygen atoms in total. The van der Waals surface area contributed by atoms with Crippen molar-refractivity contribution in [2.24, 2.45) is 0 Å². The van der Waals surface area contributed by atoms with E-state index in [0.717, 1.165) is 13.0 Å². The Morgan fingerprint density at radius 1 is 1.10 bits per heavy atom. The van der Waals surface area contributed by atoms with Crippen LogP contribution in [0.15, 0.2) is 46.9 Å². The third-order valence-electron chi connectivity index (χ3n) is 4.25. The molecule has 104 valence electrons. The summed E-state index contributed by atoms with van der Waals surface area (Å²) < 4.78 is 1.26. The van der Waals surface area contributed by atoms with Gasteiger partial charge in [-0.3, -0.25) is 0 Å². The highest BCUT2D eigenvalue weighted by Crippen LogP contribution is 2.35. The molecule has 0 amide bonds. The minimum Gasteiger partial charge on any atom is -0.306 e. The van der Waals surface area contributed by atoms with E-state index in [0.29, 0.717) is 6.04 Å². The standard InChI is InChI=1S/C18H20BrN/c1-2-13-6-3-4-7-14(13)12-20-18-11-10-15-16(18)8-5-9-17(15)19/h3-9,18,20H,2,10-12H2,1H3. The summed E-state index contributed by atoms with van der Waals surface area (Å²) in [6, 6.07) is 15.8. The first-order valence-corrected chi connectivity index (χ1v) is 8.16. The van der Waals surface area contributed by atoms with Crippen LogP contribution in [0.1, 0.15) is 41.6 Å². The minimum absolute atomic E-state index is 0.493. The van der Waals surface area contributed by atoms with Gasteiger partial charge in [-0.05, 0) is 47.6 Å². The maximum absolute atomic E-state index is 3.74. The van der Waals surface area contributed by atoms with Gasteiger partial charge >= 0.3 is 0 Å². The first-order valence-electron chi connectivity index (χ1n) is 7.37. The van der Waals surface area contributed by atoms with E-state index in [1.165, 1.54) is 39.6 Å². The first-order chi connectivity index (χ1) is 9.79. The lowest BCUT2D eigenvalue weighted by atomic mass is 10.0. The molecule has 0 heterocycles. The van der Waals surface area contributed by atoms with E-state index in [1.54, 1.807) is 0 Å². The fourth-order valence-electron chi connectivity index (χ4n) is 3.13. The van der Waals surface area contributed by atoms with Crippen molar-refractivity contribution in [2.45, 2.75) is 38.8 Å². The van der Waals surface area contributed by atoms with E-state index < -0.39 is 0 Å². The molecule has 2 heteroatoms. The second-order valence-electron chi connectivity index (χ2n) is 5.40. The van der Waals surface area contributed by atoms with Gasteiger partial charge in [0.1, 0.15) is 0 Å². The molecule has 20 heavy (non-hydrogen) atoms. The number of benzene rings is 2. The highest BCUT2D eigenvalue weighted by atomic mass is 79.9.